The lowest BCUT2D eigenvalue weighted by Gasteiger charge is -2.27. The van der Waals surface area contributed by atoms with Crippen LogP contribution in [0.2, 0.25) is 0 Å². The minimum absolute atomic E-state index is 0.0693. The molecular weight excluding hydrogens is 627 g/mol. The zero-order valence-corrected chi connectivity index (χ0v) is 29.5. The van der Waals surface area contributed by atoms with E-state index in [0.717, 1.165) is 17.1 Å². The average molecular weight is 666 g/mol. The Labute approximate surface area is 306 Å². The molecule has 9 aromatic carbocycles. The second-order valence-corrected chi connectivity index (χ2v) is 14.2. The third kappa shape index (κ3) is 5.71. The first-order chi connectivity index (χ1) is 25.5. The SMILES string of the molecule is CC(C)(c1ccccc1)c1ccc(-c2ccc(N(c3ccc(-c4ccccc4)cc3)c3ccc4c(ccc5c6ccccc6ccc45)c3)cc2)cc1. The Balaban J connectivity index is 1.09. The van der Waals surface area contributed by atoms with Crippen molar-refractivity contribution in [3.8, 4) is 22.3 Å². The highest BCUT2D eigenvalue weighted by Crippen LogP contribution is 2.40. The van der Waals surface area contributed by atoms with Gasteiger partial charge in [0.15, 0.2) is 0 Å². The maximum Gasteiger partial charge on any atom is 0.0468 e. The van der Waals surface area contributed by atoms with E-state index in [1.807, 2.05) is 0 Å². The molecule has 0 spiro atoms. The largest absolute Gasteiger partial charge is 0.310 e. The number of anilines is 3. The maximum absolute atomic E-state index is 2.37. The van der Waals surface area contributed by atoms with E-state index in [1.54, 1.807) is 0 Å². The number of rotatable bonds is 7. The van der Waals surface area contributed by atoms with Crippen LogP contribution in [0.5, 0.6) is 0 Å². The molecule has 0 saturated heterocycles. The van der Waals surface area contributed by atoms with E-state index in [1.165, 1.54) is 65.7 Å². The molecule has 9 aromatic rings. The predicted molar refractivity (Wildman–Crippen MR) is 223 cm³/mol. The molecule has 52 heavy (non-hydrogen) atoms. The molecule has 0 fully saturated rings. The van der Waals surface area contributed by atoms with Gasteiger partial charge in [-0.25, -0.2) is 0 Å². The molecular formula is C51H39N. The van der Waals surface area contributed by atoms with Gasteiger partial charge in [-0.15, -0.1) is 0 Å². The summed E-state index contributed by atoms with van der Waals surface area (Å²) in [7, 11) is 0. The van der Waals surface area contributed by atoms with Gasteiger partial charge in [0.2, 0.25) is 0 Å². The van der Waals surface area contributed by atoms with Crippen LogP contribution in [-0.4, -0.2) is 0 Å². The van der Waals surface area contributed by atoms with Gasteiger partial charge >= 0.3 is 0 Å². The number of fused-ring (bicyclic) bond motifs is 5. The van der Waals surface area contributed by atoms with Gasteiger partial charge in [-0.1, -0.05) is 178 Å². The number of hydrogen-bond acceptors (Lipinski definition) is 1. The summed E-state index contributed by atoms with van der Waals surface area (Å²) in [5.41, 5.74) is 10.7. The van der Waals surface area contributed by atoms with Crippen molar-refractivity contribution in [2.45, 2.75) is 19.3 Å². The normalized spacial score (nSPS) is 11.7. The fourth-order valence-corrected chi connectivity index (χ4v) is 7.74. The molecule has 0 amide bonds. The summed E-state index contributed by atoms with van der Waals surface area (Å²) >= 11 is 0. The Bertz CT molecular complexity index is 2660. The molecule has 0 aromatic heterocycles. The number of nitrogens with zero attached hydrogens (tertiary/aromatic N) is 1. The van der Waals surface area contributed by atoms with Crippen LogP contribution < -0.4 is 4.90 Å². The van der Waals surface area contributed by atoms with Gasteiger partial charge in [-0.05, 0) is 102 Å². The third-order valence-electron chi connectivity index (χ3n) is 10.8. The summed E-state index contributed by atoms with van der Waals surface area (Å²) in [5.74, 6) is 0. The fraction of sp³-hybridized carbons (Fsp3) is 0.0588. The van der Waals surface area contributed by atoms with Gasteiger partial charge in [0.1, 0.15) is 0 Å². The molecule has 1 nitrogen and oxygen atoms in total. The third-order valence-corrected chi connectivity index (χ3v) is 10.8. The highest BCUT2D eigenvalue weighted by molar-refractivity contribution is 6.17. The lowest BCUT2D eigenvalue weighted by atomic mass is 9.78. The molecule has 248 valence electrons. The fourth-order valence-electron chi connectivity index (χ4n) is 7.74. The van der Waals surface area contributed by atoms with E-state index >= 15 is 0 Å². The van der Waals surface area contributed by atoms with E-state index in [2.05, 4.69) is 219 Å². The van der Waals surface area contributed by atoms with Crippen molar-refractivity contribution in [3.05, 3.63) is 211 Å². The van der Waals surface area contributed by atoms with Crippen molar-refractivity contribution < 1.29 is 0 Å². The molecule has 0 heterocycles. The van der Waals surface area contributed by atoms with Gasteiger partial charge in [0.05, 0.1) is 0 Å². The van der Waals surface area contributed by atoms with Crippen LogP contribution in [0.4, 0.5) is 17.1 Å². The van der Waals surface area contributed by atoms with Crippen LogP contribution in [-0.2, 0) is 5.41 Å². The van der Waals surface area contributed by atoms with Crippen molar-refractivity contribution in [1.29, 1.82) is 0 Å². The molecule has 9 rings (SSSR count). The molecule has 0 aliphatic rings. The van der Waals surface area contributed by atoms with Crippen molar-refractivity contribution in [2.75, 3.05) is 4.90 Å². The predicted octanol–water partition coefficient (Wildman–Crippen LogP) is 14.3. The van der Waals surface area contributed by atoms with Gasteiger partial charge in [-0.3, -0.25) is 0 Å². The first kappa shape index (κ1) is 31.5. The van der Waals surface area contributed by atoms with Crippen LogP contribution in [0.15, 0.2) is 200 Å². The quantitative estimate of drug-likeness (QED) is 0.153. The van der Waals surface area contributed by atoms with E-state index in [0.29, 0.717) is 0 Å². The minimum atomic E-state index is -0.0693. The molecule has 0 atom stereocenters. The number of hydrogen-bond donors (Lipinski definition) is 0. The molecule has 0 aliphatic heterocycles. The molecule has 0 unspecified atom stereocenters. The monoisotopic (exact) mass is 665 g/mol. The van der Waals surface area contributed by atoms with Gasteiger partial charge in [-0.2, -0.15) is 0 Å². The summed E-state index contributed by atoms with van der Waals surface area (Å²) in [6.45, 7) is 4.59. The Morgan fingerprint density at radius 2 is 0.731 bits per heavy atom. The van der Waals surface area contributed by atoms with Gasteiger partial charge < -0.3 is 4.90 Å². The lowest BCUT2D eigenvalue weighted by Crippen LogP contribution is -2.18. The topological polar surface area (TPSA) is 3.24 Å². The molecule has 0 radical (unpaired) electrons. The smallest absolute Gasteiger partial charge is 0.0468 e. The summed E-state index contributed by atoms with van der Waals surface area (Å²) in [6, 6.07) is 72.9. The number of benzene rings is 9. The van der Waals surface area contributed by atoms with Gasteiger partial charge in [0.25, 0.3) is 0 Å². The Hall–Kier alpha value is -6.44. The van der Waals surface area contributed by atoms with E-state index in [4.69, 9.17) is 0 Å². The van der Waals surface area contributed by atoms with Gasteiger partial charge in [0, 0.05) is 22.5 Å². The second kappa shape index (κ2) is 13.0. The first-order valence-corrected chi connectivity index (χ1v) is 18.1. The van der Waals surface area contributed by atoms with Crippen molar-refractivity contribution in [2.24, 2.45) is 0 Å². The van der Waals surface area contributed by atoms with E-state index in [-0.39, 0.29) is 5.41 Å². The summed E-state index contributed by atoms with van der Waals surface area (Å²) in [5, 5.41) is 7.62. The van der Waals surface area contributed by atoms with Crippen molar-refractivity contribution in [3.63, 3.8) is 0 Å². The van der Waals surface area contributed by atoms with Crippen LogP contribution >= 0.6 is 0 Å². The van der Waals surface area contributed by atoms with Crippen LogP contribution in [0.3, 0.4) is 0 Å². The van der Waals surface area contributed by atoms with Crippen molar-refractivity contribution >= 4 is 49.4 Å². The van der Waals surface area contributed by atoms with Crippen LogP contribution in [0, 0.1) is 0 Å². The zero-order valence-electron chi connectivity index (χ0n) is 29.5. The molecule has 0 saturated carbocycles. The Morgan fingerprint density at radius 1 is 0.308 bits per heavy atom. The second-order valence-electron chi connectivity index (χ2n) is 14.2. The molecule has 0 N–H and O–H groups in total. The highest BCUT2D eigenvalue weighted by atomic mass is 15.1. The summed E-state index contributed by atoms with van der Waals surface area (Å²) in [4.78, 5) is 2.37. The lowest BCUT2D eigenvalue weighted by molar-refractivity contribution is 0.641. The van der Waals surface area contributed by atoms with Crippen LogP contribution in [0.1, 0.15) is 25.0 Å². The summed E-state index contributed by atoms with van der Waals surface area (Å²) in [6.07, 6.45) is 0. The van der Waals surface area contributed by atoms with E-state index in [9.17, 15) is 0 Å². The Kier molecular flexibility index (Phi) is 7.90. The maximum atomic E-state index is 2.37. The first-order valence-electron chi connectivity index (χ1n) is 18.1. The minimum Gasteiger partial charge on any atom is -0.310 e. The van der Waals surface area contributed by atoms with Crippen LogP contribution in [0.25, 0.3) is 54.6 Å². The average Bonchev–Trinajstić information content (AvgIpc) is 3.22. The standard InChI is InChI=1S/C51H39N/c1-51(2,42-14-7-4-8-15-42)43-25-17-37(18-26-43)39-21-29-45(30-22-39)52(44-27-19-38(20-28-44)36-11-5-3-6-12-36)46-31-34-48-41(35-46)24-33-49-47-16-10-9-13-40(47)23-32-50(48)49/h3-35H,1-2H3. The molecule has 0 aliphatic carbocycles. The Morgan fingerprint density at radius 3 is 1.35 bits per heavy atom. The summed E-state index contributed by atoms with van der Waals surface area (Å²) < 4.78 is 0. The van der Waals surface area contributed by atoms with Crippen molar-refractivity contribution in [1.82, 2.24) is 0 Å². The highest BCUT2D eigenvalue weighted by Gasteiger charge is 2.23. The molecule has 1 heteroatoms. The zero-order chi connectivity index (χ0) is 35.1. The van der Waals surface area contributed by atoms with E-state index < -0.39 is 0 Å². The molecule has 0 bridgehead atoms.